The van der Waals surface area contributed by atoms with Crippen LogP contribution in [0.1, 0.15) is 86.0 Å². The molecule has 13 heteroatoms. The molecule has 31 heavy (non-hydrogen) atoms. The Hall–Kier alpha value is -0.910. The van der Waals surface area contributed by atoms with E-state index >= 15 is 0 Å². The highest BCUT2D eigenvalue weighted by Gasteiger charge is 2.71. The molecule has 0 unspecified atom stereocenters. The van der Waals surface area contributed by atoms with Gasteiger partial charge in [0.2, 0.25) is 0 Å². The molecule has 0 heterocycles. The number of unbranched alkanes of at least 4 members (excludes halogenated alkanes) is 3. The Balaban J connectivity index is -0.000000199. The van der Waals surface area contributed by atoms with E-state index in [1.54, 1.807) is 6.92 Å². The predicted octanol–water partition coefficient (Wildman–Crippen LogP) is 10.1. The lowest BCUT2D eigenvalue weighted by Crippen LogP contribution is -2.53. The van der Waals surface area contributed by atoms with Gasteiger partial charge in [-0.1, -0.05) is 60.3 Å². The molecule has 0 fully saturated rings. The Morgan fingerprint density at radius 3 is 0.871 bits per heavy atom. The monoisotopic (exact) mass is 494 g/mol. The lowest BCUT2D eigenvalue weighted by Gasteiger charge is -2.29. The summed E-state index contributed by atoms with van der Waals surface area (Å²) in [6.07, 6.45) is -20.6. The fourth-order valence-corrected chi connectivity index (χ4v) is 1.24. The van der Waals surface area contributed by atoms with Gasteiger partial charge >= 0.3 is 24.7 Å². The summed E-state index contributed by atoms with van der Waals surface area (Å²) >= 11 is 0. The first-order valence-electron chi connectivity index (χ1n) is 9.55. The second-order valence-corrected chi connectivity index (χ2v) is 6.25. The second-order valence-electron chi connectivity index (χ2n) is 6.25. The minimum absolute atomic E-state index is 0.161. The third-order valence-corrected chi connectivity index (χ3v) is 3.08. The molecule has 0 saturated heterocycles. The fourth-order valence-electron chi connectivity index (χ4n) is 1.24. The molecule has 0 aromatic carbocycles. The molecule has 0 aromatic rings. The van der Waals surface area contributed by atoms with Gasteiger partial charge in [0, 0.05) is 12.8 Å². The molecular weight excluding hydrogens is 463 g/mol. The first kappa shape index (κ1) is 37.4. The van der Waals surface area contributed by atoms with Crippen molar-refractivity contribution in [2.24, 2.45) is 0 Å². The van der Waals surface area contributed by atoms with E-state index in [0.717, 1.165) is 13.8 Å². The normalized spacial score (nSPS) is 12.6. The number of hydrogen-bond donors (Lipinski definition) is 0. The van der Waals surface area contributed by atoms with Gasteiger partial charge in [-0.2, -0.15) is 52.7 Å². The number of alkyl halides is 13. The van der Waals surface area contributed by atoms with Gasteiger partial charge in [0.15, 0.2) is 0 Å². The van der Waals surface area contributed by atoms with E-state index < -0.39 is 56.1 Å². The summed E-state index contributed by atoms with van der Waals surface area (Å²) in [7, 11) is 0. The summed E-state index contributed by atoms with van der Waals surface area (Å²) in [6, 6.07) is 0. The Morgan fingerprint density at radius 1 is 0.452 bits per heavy atom. The maximum absolute atomic E-state index is 13.0. The quantitative estimate of drug-likeness (QED) is 0.264. The van der Waals surface area contributed by atoms with Gasteiger partial charge in [0.25, 0.3) is 5.67 Å². The summed E-state index contributed by atoms with van der Waals surface area (Å²) in [5.74, 6) is 0. The zero-order valence-electron chi connectivity index (χ0n) is 18.1. The van der Waals surface area contributed by atoms with E-state index in [1.807, 2.05) is 0 Å². The molecule has 0 spiro atoms. The van der Waals surface area contributed by atoms with Gasteiger partial charge in [-0.25, -0.2) is 4.39 Å². The molecule has 0 atom stereocenters. The second kappa shape index (κ2) is 16.7. The van der Waals surface area contributed by atoms with E-state index in [1.165, 1.54) is 6.42 Å². The fraction of sp³-hybridized carbons (Fsp3) is 1.00. The van der Waals surface area contributed by atoms with Crippen molar-refractivity contribution < 1.29 is 57.1 Å². The van der Waals surface area contributed by atoms with Gasteiger partial charge in [0.1, 0.15) is 0 Å². The molecule has 0 aliphatic carbocycles. The van der Waals surface area contributed by atoms with Crippen LogP contribution < -0.4 is 0 Å². The van der Waals surface area contributed by atoms with Crippen LogP contribution in [0.25, 0.3) is 0 Å². The molecule has 194 valence electrons. The van der Waals surface area contributed by atoms with Crippen molar-refractivity contribution in [2.45, 2.75) is 116 Å². The van der Waals surface area contributed by atoms with Crippen molar-refractivity contribution in [3.8, 4) is 0 Å². The van der Waals surface area contributed by atoms with Crippen molar-refractivity contribution in [2.75, 3.05) is 0 Å². The third kappa shape index (κ3) is 23.6. The van der Waals surface area contributed by atoms with Gasteiger partial charge in [-0.3, -0.25) is 0 Å². The number of halogens is 13. The third-order valence-electron chi connectivity index (χ3n) is 3.08. The highest BCUT2D eigenvalue weighted by atomic mass is 19.4. The van der Waals surface area contributed by atoms with Gasteiger partial charge in [0.05, 0.1) is 0 Å². The summed E-state index contributed by atoms with van der Waals surface area (Å²) in [5, 5.41) is 0. The summed E-state index contributed by atoms with van der Waals surface area (Å²) in [4.78, 5) is 0. The van der Waals surface area contributed by atoms with Crippen molar-refractivity contribution >= 4 is 0 Å². The minimum Gasteiger partial charge on any atom is -0.224 e. The largest absolute Gasteiger partial charge is 0.431 e. The van der Waals surface area contributed by atoms with Crippen molar-refractivity contribution in [1.82, 2.24) is 0 Å². The highest BCUT2D eigenvalue weighted by molar-refractivity contribution is 4.94. The van der Waals surface area contributed by atoms with Gasteiger partial charge in [-0.05, 0) is 12.8 Å². The molecule has 0 aromatic heterocycles. The van der Waals surface area contributed by atoms with Crippen LogP contribution in [0.4, 0.5) is 57.1 Å². The van der Waals surface area contributed by atoms with Crippen molar-refractivity contribution in [3.05, 3.63) is 0 Å². The minimum atomic E-state index is -5.91. The molecule has 0 rings (SSSR count). The van der Waals surface area contributed by atoms with E-state index in [-0.39, 0.29) is 6.42 Å². The topological polar surface area (TPSA) is 0 Å². The molecule has 0 bridgehead atoms. The molecule has 0 saturated carbocycles. The van der Waals surface area contributed by atoms with E-state index in [9.17, 15) is 57.1 Å². The van der Waals surface area contributed by atoms with E-state index in [2.05, 4.69) is 13.8 Å². The Labute approximate surface area is 174 Å². The zero-order valence-corrected chi connectivity index (χ0v) is 18.1. The maximum atomic E-state index is 13.0. The number of rotatable bonds is 5. The van der Waals surface area contributed by atoms with E-state index in [0.29, 0.717) is 12.8 Å². The lowest BCUT2D eigenvalue weighted by molar-refractivity contribution is -0.343. The number of hydrogen-bond acceptors (Lipinski definition) is 0. The molecule has 0 amide bonds. The molecule has 0 aliphatic heterocycles. The van der Waals surface area contributed by atoms with Crippen LogP contribution in [-0.2, 0) is 0 Å². The van der Waals surface area contributed by atoms with Crippen LogP contribution >= 0.6 is 0 Å². The van der Waals surface area contributed by atoms with Crippen LogP contribution in [0, 0.1) is 0 Å². The van der Waals surface area contributed by atoms with Crippen LogP contribution in [0.15, 0.2) is 0 Å². The standard InChI is InChI=1S/C9H13F7.2C3H5F3.C3H8/c1-2-3-4-5-6-7(10,8(11,12)13)9(14,15)16;2*1-2-3(4,5)6;1-3-2/h2-6H2,1H3;2*2H2,1H3;3H2,1-2H3. The smallest absolute Gasteiger partial charge is 0.224 e. The van der Waals surface area contributed by atoms with Crippen LogP contribution in [0.3, 0.4) is 0 Å². The predicted molar refractivity (Wildman–Crippen MR) is 93.4 cm³/mol. The summed E-state index contributed by atoms with van der Waals surface area (Å²) < 4.78 is 150. The highest BCUT2D eigenvalue weighted by Crippen LogP contribution is 2.49. The Kier molecular flexibility index (Phi) is 20.1. The van der Waals surface area contributed by atoms with Crippen LogP contribution in [0.5, 0.6) is 0 Å². The average Bonchev–Trinajstić information content (AvgIpc) is 2.57. The maximum Gasteiger partial charge on any atom is 0.431 e. The van der Waals surface area contributed by atoms with Gasteiger partial charge in [-0.15, -0.1) is 0 Å². The first-order valence-corrected chi connectivity index (χ1v) is 9.55. The molecule has 0 aliphatic rings. The van der Waals surface area contributed by atoms with Crippen LogP contribution in [-0.4, -0.2) is 30.4 Å². The molecule has 0 N–H and O–H groups in total. The molecule has 0 radical (unpaired) electrons. The molecule has 0 nitrogen and oxygen atoms in total. The first-order chi connectivity index (χ1) is 13.6. The SMILES string of the molecule is CCC.CCC(F)(F)F.CCC(F)(F)F.CCCCCCC(F)(C(F)(F)F)C(F)(F)F. The Morgan fingerprint density at radius 2 is 0.710 bits per heavy atom. The average molecular weight is 494 g/mol. The molecular formula is C18H31F13. The zero-order chi connectivity index (χ0) is 26.2. The van der Waals surface area contributed by atoms with E-state index in [4.69, 9.17) is 0 Å². The lowest BCUT2D eigenvalue weighted by atomic mass is 9.96. The van der Waals surface area contributed by atoms with Crippen molar-refractivity contribution in [1.29, 1.82) is 0 Å². The Bertz CT molecular complexity index is 361. The summed E-state index contributed by atoms with van der Waals surface area (Å²) in [6.45, 7) is 8.16. The van der Waals surface area contributed by atoms with Crippen molar-refractivity contribution in [3.63, 3.8) is 0 Å². The summed E-state index contributed by atoms with van der Waals surface area (Å²) in [5.41, 5.74) is -5.08. The van der Waals surface area contributed by atoms with Crippen LogP contribution in [0.2, 0.25) is 0 Å². The van der Waals surface area contributed by atoms with Gasteiger partial charge < -0.3 is 0 Å².